The minimum Gasteiger partial charge on any atom is -0.248 e. The molecule has 0 spiro atoms. The lowest BCUT2D eigenvalue weighted by atomic mass is 11.1. The highest BCUT2D eigenvalue weighted by molar-refractivity contribution is 5.85. The SMILES string of the molecule is C=[N+](C)C.Cl. The van der Waals surface area contributed by atoms with E-state index in [9.17, 15) is 0 Å². The second kappa shape index (κ2) is 3.96. The molecule has 1 nitrogen and oxygen atoms in total. The lowest BCUT2D eigenvalue weighted by molar-refractivity contribution is -0.454. The van der Waals surface area contributed by atoms with Crippen LogP contribution in [0.4, 0.5) is 0 Å². The minimum absolute atomic E-state index is 0. The molecule has 0 atom stereocenters. The maximum absolute atomic E-state index is 3.47. The first-order chi connectivity index (χ1) is 1.73. The molecule has 0 rings (SSSR count). The molecule has 0 amide bonds. The van der Waals surface area contributed by atoms with Gasteiger partial charge in [-0.2, -0.15) is 0 Å². The van der Waals surface area contributed by atoms with Gasteiger partial charge in [0.15, 0.2) is 0 Å². The minimum atomic E-state index is 0. The van der Waals surface area contributed by atoms with Gasteiger partial charge in [-0.15, -0.1) is 12.4 Å². The van der Waals surface area contributed by atoms with Gasteiger partial charge >= 0.3 is 0 Å². The summed E-state index contributed by atoms with van der Waals surface area (Å²) in [4.78, 5) is 0. The number of halogens is 1. The summed E-state index contributed by atoms with van der Waals surface area (Å²) < 4.78 is 1.75. The van der Waals surface area contributed by atoms with Gasteiger partial charge in [0.05, 0.1) is 0 Å². The summed E-state index contributed by atoms with van der Waals surface area (Å²) in [6.45, 7) is 3.47. The lowest BCUT2D eigenvalue weighted by Gasteiger charge is -1.65. The van der Waals surface area contributed by atoms with Gasteiger partial charge in [0, 0.05) is 0 Å². The summed E-state index contributed by atoms with van der Waals surface area (Å²) in [5, 5.41) is 0. The van der Waals surface area contributed by atoms with E-state index in [1.165, 1.54) is 0 Å². The van der Waals surface area contributed by atoms with Crippen molar-refractivity contribution in [2.24, 2.45) is 0 Å². The Hall–Kier alpha value is -0.0400. The second-order valence-corrected chi connectivity index (χ2v) is 1.08. The number of hydrogen-bond donors (Lipinski definition) is 0. The highest BCUT2D eigenvalue weighted by Crippen LogP contribution is 1.30. The first-order valence-corrected chi connectivity index (χ1v) is 1.21. The van der Waals surface area contributed by atoms with E-state index in [1.54, 1.807) is 4.58 Å². The Labute approximate surface area is 38.7 Å². The molecule has 0 bridgehead atoms. The van der Waals surface area contributed by atoms with Crippen molar-refractivity contribution in [3.63, 3.8) is 0 Å². The van der Waals surface area contributed by atoms with Crippen LogP contribution in [0.3, 0.4) is 0 Å². The van der Waals surface area contributed by atoms with Crippen molar-refractivity contribution in [3.05, 3.63) is 0 Å². The van der Waals surface area contributed by atoms with Crippen LogP contribution < -0.4 is 0 Å². The van der Waals surface area contributed by atoms with Crippen molar-refractivity contribution in [3.8, 4) is 0 Å². The molecule has 0 unspecified atom stereocenters. The lowest BCUT2D eigenvalue weighted by Crippen LogP contribution is -1.86. The van der Waals surface area contributed by atoms with Crippen molar-refractivity contribution in [2.75, 3.05) is 14.1 Å². The Balaban J connectivity index is 0. The number of hydrogen-bond acceptors (Lipinski definition) is 0. The summed E-state index contributed by atoms with van der Waals surface area (Å²) in [6.07, 6.45) is 0. The molecule has 0 aliphatic rings. The molecule has 0 fully saturated rings. The molecule has 0 aliphatic heterocycles. The molecule has 0 radical (unpaired) electrons. The fraction of sp³-hybridized carbons (Fsp3) is 0.667. The van der Waals surface area contributed by atoms with Gasteiger partial charge in [0.1, 0.15) is 20.8 Å². The van der Waals surface area contributed by atoms with Gasteiger partial charge in [0.25, 0.3) is 0 Å². The Morgan fingerprint density at radius 3 is 1.40 bits per heavy atom. The molecule has 0 saturated carbocycles. The summed E-state index contributed by atoms with van der Waals surface area (Å²) in [7, 11) is 3.78. The van der Waals surface area contributed by atoms with Crippen LogP contribution in [0.1, 0.15) is 0 Å². The third kappa shape index (κ3) is 9510. The Bertz CT molecular complexity index is 29.9. The zero-order valence-corrected chi connectivity index (χ0v) is 4.38. The Morgan fingerprint density at radius 1 is 1.40 bits per heavy atom. The highest BCUT2D eigenvalue weighted by atomic mass is 35.5. The van der Waals surface area contributed by atoms with Gasteiger partial charge in [-0.1, -0.05) is 0 Å². The number of nitrogens with zero attached hydrogens (tertiary/aromatic N) is 1. The van der Waals surface area contributed by atoms with Gasteiger partial charge in [-0.25, -0.2) is 4.58 Å². The van der Waals surface area contributed by atoms with E-state index in [0.29, 0.717) is 0 Å². The standard InChI is InChI=1S/C3H8N.ClH/c1-4(2)3;/h1H2,2-3H3;1H/q+1;. The summed E-state index contributed by atoms with van der Waals surface area (Å²) in [5.41, 5.74) is 0. The summed E-state index contributed by atoms with van der Waals surface area (Å²) in [5.74, 6) is 0. The predicted molar refractivity (Wildman–Crippen MR) is 26.5 cm³/mol. The van der Waals surface area contributed by atoms with Crippen LogP contribution in [-0.4, -0.2) is 25.4 Å². The third-order valence-corrected chi connectivity index (χ3v) is 0. The van der Waals surface area contributed by atoms with Crippen molar-refractivity contribution in [1.82, 2.24) is 0 Å². The normalized spacial score (nSPS) is 5.20. The van der Waals surface area contributed by atoms with Crippen molar-refractivity contribution in [1.29, 1.82) is 0 Å². The van der Waals surface area contributed by atoms with Crippen molar-refractivity contribution < 1.29 is 4.58 Å². The molecular formula is C3H9ClN+. The smallest absolute Gasteiger partial charge is 0.131 e. The van der Waals surface area contributed by atoms with E-state index in [1.807, 2.05) is 14.1 Å². The fourth-order valence-electron chi connectivity index (χ4n) is 0. The highest BCUT2D eigenvalue weighted by Gasteiger charge is 1.53. The number of rotatable bonds is 0. The van der Waals surface area contributed by atoms with Crippen LogP contribution in [-0.2, 0) is 0 Å². The van der Waals surface area contributed by atoms with E-state index >= 15 is 0 Å². The van der Waals surface area contributed by atoms with E-state index in [0.717, 1.165) is 0 Å². The molecule has 0 heterocycles. The van der Waals surface area contributed by atoms with Crippen LogP contribution in [0.2, 0.25) is 0 Å². The van der Waals surface area contributed by atoms with Gasteiger partial charge in [-0.05, 0) is 0 Å². The fourth-order valence-corrected chi connectivity index (χ4v) is 0. The van der Waals surface area contributed by atoms with Gasteiger partial charge < -0.3 is 0 Å². The Morgan fingerprint density at radius 2 is 1.40 bits per heavy atom. The van der Waals surface area contributed by atoms with Crippen LogP contribution in [0, 0.1) is 0 Å². The van der Waals surface area contributed by atoms with E-state index in [2.05, 4.69) is 6.72 Å². The molecule has 0 aromatic heterocycles. The van der Waals surface area contributed by atoms with Crippen LogP contribution >= 0.6 is 12.4 Å². The first kappa shape index (κ1) is 8.88. The van der Waals surface area contributed by atoms with Crippen LogP contribution in [0.25, 0.3) is 0 Å². The zero-order chi connectivity index (χ0) is 3.58. The Kier molecular flexibility index (Phi) is 7.03. The van der Waals surface area contributed by atoms with Crippen LogP contribution in [0.15, 0.2) is 0 Å². The quantitative estimate of drug-likeness (QED) is 0.302. The van der Waals surface area contributed by atoms with E-state index in [4.69, 9.17) is 0 Å². The predicted octanol–water partition coefficient (Wildman–Crippen LogP) is 0.381. The maximum atomic E-state index is 3.47. The molecule has 0 aromatic rings. The molecule has 32 valence electrons. The molecule has 0 aliphatic carbocycles. The topological polar surface area (TPSA) is 3.01 Å². The molecular weight excluding hydrogens is 85.5 g/mol. The summed E-state index contributed by atoms with van der Waals surface area (Å²) in [6, 6.07) is 0. The third-order valence-electron chi connectivity index (χ3n) is 0. The van der Waals surface area contributed by atoms with E-state index < -0.39 is 0 Å². The molecule has 2 heteroatoms. The monoisotopic (exact) mass is 94.0 g/mol. The molecule has 0 N–H and O–H groups in total. The van der Waals surface area contributed by atoms with Crippen molar-refractivity contribution in [2.45, 2.75) is 0 Å². The van der Waals surface area contributed by atoms with Gasteiger partial charge in [0.2, 0.25) is 0 Å². The average molecular weight is 94.6 g/mol. The summed E-state index contributed by atoms with van der Waals surface area (Å²) >= 11 is 0. The zero-order valence-electron chi connectivity index (χ0n) is 3.56. The first-order valence-electron chi connectivity index (χ1n) is 1.21. The molecule has 5 heavy (non-hydrogen) atoms. The molecule has 0 saturated heterocycles. The maximum Gasteiger partial charge on any atom is 0.131 e. The molecule has 0 aromatic carbocycles. The van der Waals surface area contributed by atoms with E-state index in [-0.39, 0.29) is 12.4 Å². The largest absolute Gasteiger partial charge is 0.248 e. The van der Waals surface area contributed by atoms with Gasteiger partial charge in [-0.3, -0.25) is 0 Å². The second-order valence-electron chi connectivity index (χ2n) is 1.08. The average Bonchev–Trinajstić information content (AvgIpc) is 0.811. The van der Waals surface area contributed by atoms with Crippen molar-refractivity contribution >= 4 is 19.1 Å². The van der Waals surface area contributed by atoms with Crippen LogP contribution in [0.5, 0.6) is 0 Å².